The summed E-state index contributed by atoms with van der Waals surface area (Å²) in [5, 5.41) is 12.2. The SMILES string of the molecule is CCC(C)(O)CNC(=O)c1cc(C(F)(F)F)ccc1Br. The van der Waals surface area contributed by atoms with Gasteiger partial charge in [-0.15, -0.1) is 0 Å². The fraction of sp³-hybridized carbons (Fsp3) is 0.462. The number of amides is 1. The van der Waals surface area contributed by atoms with Crippen LogP contribution in [0.2, 0.25) is 0 Å². The van der Waals surface area contributed by atoms with E-state index in [9.17, 15) is 23.1 Å². The predicted molar refractivity (Wildman–Crippen MR) is 72.4 cm³/mol. The minimum absolute atomic E-state index is 0.0367. The highest BCUT2D eigenvalue weighted by molar-refractivity contribution is 9.10. The Kier molecular flexibility index (Phi) is 5.21. The zero-order valence-corrected chi connectivity index (χ0v) is 12.6. The van der Waals surface area contributed by atoms with Gasteiger partial charge in [-0.3, -0.25) is 4.79 Å². The largest absolute Gasteiger partial charge is 0.416 e. The van der Waals surface area contributed by atoms with Crippen molar-refractivity contribution in [1.29, 1.82) is 0 Å². The molecule has 0 bridgehead atoms. The summed E-state index contributed by atoms with van der Waals surface area (Å²) in [5.74, 6) is -0.670. The van der Waals surface area contributed by atoms with E-state index in [-0.39, 0.29) is 16.6 Å². The molecule has 1 aromatic rings. The maximum absolute atomic E-state index is 12.6. The van der Waals surface area contributed by atoms with Crippen molar-refractivity contribution in [2.45, 2.75) is 32.0 Å². The van der Waals surface area contributed by atoms with Crippen LogP contribution in [0.15, 0.2) is 22.7 Å². The Labute approximate surface area is 123 Å². The molecular formula is C13H15BrF3NO2. The molecule has 0 saturated heterocycles. The molecule has 112 valence electrons. The fourth-order valence-corrected chi connectivity index (χ4v) is 1.79. The van der Waals surface area contributed by atoms with Gasteiger partial charge < -0.3 is 10.4 Å². The lowest BCUT2D eigenvalue weighted by atomic mass is 10.0. The van der Waals surface area contributed by atoms with Gasteiger partial charge in [-0.05, 0) is 47.5 Å². The first-order chi connectivity index (χ1) is 9.07. The number of rotatable bonds is 4. The molecule has 0 aromatic heterocycles. The Bertz CT molecular complexity index is 501. The first-order valence-electron chi connectivity index (χ1n) is 5.94. The van der Waals surface area contributed by atoms with Crippen molar-refractivity contribution in [2.75, 3.05) is 6.54 Å². The molecular weight excluding hydrogens is 339 g/mol. The minimum atomic E-state index is -4.51. The van der Waals surface area contributed by atoms with Gasteiger partial charge in [-0.25, -0.2) is 0 Å². The van der Waals surface area contributed by atoms with E-state index in [0.29, 0.717) is 6.42 Å². The Hall–Kier alpha value is -1.08. The summed E-state index contributed by atoms with van der Waals surface area (Å²) in [5.41, 5.74) is -2.11. The van der Waals surface area contributed by atoms with Crippen molar-refractivity contribution >= 4 is 21.8 Å². The Morgan fingerprint density at radius 2 is 2.00 bits per heavy atom. The van der Waals surface area contributed by atoms with Crippen molar-refractivity contribution in [3.63, 3.8) is 0 Å². The van der Waals surface area contributed by atoms with Gasteiger partial charge in [0, 0.05) is 11.0 Å². The minimum Gasteiger partial charge on any atom is -0.388 e. The van der Waals surface area contributed by atoms with Crippen LogP contribution >= 0.6 is 15.9 Å². The quantitative estimate of drug-likeness (QED) is 0.871. The summed E-state index contributed by atoms with van der Waals surface area (Å²) in [6, 6.07) is 2.85. The normalized spacial score (nSPS) is 14.8. The highest BCUT2D eigenvalue weighted by atomic mass is 79.9. The lowest BCUT2D eigenvalue weighted by Crippen LogP contribution is -2.40. The molecule has 0 heterocycles. The van der Waals surface area contributed by atoms with Crippen LogP contribution in [0.25, 0.3) is 0 Å². The molecule has 0 aliphatic heterocycles. The number of hydrogen-bond acceptors (Lipinski definition) is 2. The molecule has 1 rings (SSSR count). The highest BCUT2D eigenvalue weighted by Gasteiger charge is 2.31. The third-order valence-corrected chi connectivity index (χ3v) is 3.62. The van der Waals surface area contributed by atoms with E-state index in [1.165, 1.54) is 13.0 Å². The number of aliphatic hydroxyl groups is 1. The molecule has 0 saturated carbocycles. The zero-order valence-electron chi connectivity index (χ0n) is 11.0. The predicted octanol–water partition coefficient (Wildman–Crippen LogP) is 3.36. The van der Waals surface area contributed by atoms with E-state index in [1.54, 1.807) is 6.92 Å². The molecule has 1 amide bonds. The summed E-state index contributed by atoms with van der Waals surface area (Å²) in [4.78, 5) is 11.9. The Morgan fingerprint density at radius 1 is 1.40 bits per heavy atom. The number of alkyl halides is 3. The van der Waals surface area contributed by atoms with Gasteiger partial charge in [0.2, 0.25) is 0 Å². The smallest absolute Gasteiger partial charge is 0.388 e. The van der Waals surface area contributed by atoms with Crippen LogP contribution in [0.1, 0.15) is 36.2 Å². The number of benzene rings is 1. The van der Waals surface area contributed by atoms with E-state index >= 15 is 0 Å². The second-order valence-corrected chi connectivity index (χ2v) is 5.58. The standard InChI is InChI=1S/C13H15BrF3NO2/c1-3-12(2,20)7-18-11(19)9-6-8(13(15,16)17)4-5-10(9)14/h4-6,20H,3,7H2,1-2H3,(H,18,19). The van der Waals surface area contributed by atoms with E-state index in [0.717, 1.165) is 12.1 Å². The molecule has 0 aliphatic carbocycles. The van der Waals surface area contributed by atoms with Gasteiger partial charge in [-0.2, -0.15) is 13.2 Å². The third kappa shape index (κ3) is 4.49. The maximum atomic E-state index is 12.6. The van der Waals surface area contributed by atoms with E-state index in [1.807, 2.05) is 0 Å². The number of halogens is 4. The van der Waals surface area contributed by atoms with E-state index in [2.05, 4.69) is 21.2 Å². The average Bonchev–Trinajstić information content (AvgIpc) is 2.35. The zero-order chi connectivity index (χ0) is 15.6. The van der Waals surface area contributed by atoms with Crippen LogP contribution in [0.5, 0.6) is 0 Å². The van der Waals surface area contributed by atoms with Crippen LogP contribution in [0.4, 0.5) is 13.2 Å². The van der Waals surface area contributed by atoms with Crippen LogP contribution < -0.4 is 5.32 Å². The van der Waals surface area contributed by atoms with Gasteiger partial charge in [0.05, 0.1) is 16.7 Å². The monoisotopic (exact) mass is 353 g/mol. The van der Waals surface area contributed by atoms with Gasteiger partial charge in [0.15, 0.2) is 0 Å². The molecule has 1 unspecified atom stereocenters. The number of hydrogen-bond donors (Lipinski definition) is 2. The molecule has 2 N–H and O–H groups in total. The molecule has 3 nitrogen and oxygen atoms in total. The topological polar surface area (TPSA) is 49.3 Å². The van der Waals surface area contributed by atoms with E-state index in [4.69, 9.17) is 0 Å². The second-order valence-electron chi connectivity index (χ2n) is 4.73. The summed E-state index contributed by atoms with van der Waals surface area (Å²) < 4.78 is 38.1. The van der Waals surface area contributed by atoms with Crippen LogP contribution in [0, 0.1) is 0 Å². The fourth-order valence-electron chi connectivity index (χ4n) is 1.37. The Balaban J connectivity index is 2.93. The van der Waals surface area contributed by atoms with Crippen molar-refractivity contribution in [2.24, 2.45) is 0 Å². The van der Waals surface area contributed by atoms with Crippen molar-refractivity contribution in [1.82, 2.24) is 5.32 Å². The van der Waals surface area contributed by atoms with Crippen LogP contribution in [-0.2, 0) is 6.18 Å². The van der Waals surface area contributed by atoms with Crippen LogP contribution in [0.3, 0.4) is 0 Å². The van der Waals surface area contributed by atoms with Crippen molar-refractivity contribution in [3.8, 4) is 0 Å². The molecule has 20 heavy (non-hydrogen) atoms. The van der Waals surface area contributed by atoms with Crippen molar-refractivity contribution < 1.29 is 23.1 Å². The third-order valence-electron chi connectivity index (χ3n) is 2.93. The number of nitrogens with one attached hydrogen (secondary N) is 1. The summed E-state index contributed by atoms with van der Waals surface area (Å²) >= 11 is 3.04. The van der Waals surface area contributed by atoms with Crippen molar-refractivity contribution in [3.05, 3.63) is 33.8 Å². The van der Waals surface area contributed by atoms with Gasteiger partial charge in [0.1, 0.15) is 0 Å². The number of carbonyl (C=O) groups is 1. The molecule has 0 aliphatic rings. The first kappa shape index (κ1) is 17.0. The Morgan fingerprint density at radius 3 is 2.50 bits per heavy atom. The summed E-state index contributed by atoms with van der Waals surface area (Å²) in [6.45, 7) is 3.24. The molecule has 0 fully saturated rings. The van der Waals surface area contributed by atoms with Crippen LogP contribution in [-0.4, -0.2) is 23.2 Å². The van der Waals surface area contributed by atoms with E-state index < -0.39 is 23.2 Å². The molecule has 1 atom stereocenters. The maximum Gasteiger partial charge on any atom is 0.416 e. The molecule has 0 spiro atoms. The van der Waals surface area contributed by atoms with Gasteiger partial charge in [0.25, 0.3) is 5.91 Å². The molecule has 0 radical (unpaired) electrons. The lowest BCUT2D eigenvalue weighted by Gasteiger charge is -2.21. The molecule has 1 aromatic carbocycles. The highest BCUT2D eigenvalue weighted by Crippen LogP contribution is 2.31. The average molecular weight is 354 g/mol. The van der Waals surface area contributed by atoms with Gasteiger partial charge >= 0.3 is 6.18 Å². The summed E-state index contributed by atoms with van der Waals surface area (Å²) in [6.07, 6.45) is -4.10. The number of carbonyl (C=O) groups excluding carboxylic acids is 1. The molecule has 7 heteroatoms. The second kappa shape index (κ2) is 6.13. The van der Waals surface area contributed by atoms with Gasteiger partial charge in [-0.1, -0.05) is 6.92 Å². The first-order valence-corrected chi connectivity index (χ1v) is 6.73. The summed E-state index contributed by atoms with van der Waals surface area (Å²) in [7, 11) is 0. The lowest BCUT2D eigenvalue weighted by molar-refractivity contribution is -0.137.